The van der Waals surface area contributed by atoms with Crippen molar-refractivity contribution in [2.75, 3.05) is 0 Å². The van der Waals surface area contributed by atoms with Crippen LogP contribution in [0.15, 0.2) is 48.8 Å². The van der Waals surface area contributed by atoms with Gasteiger partial charge in [0.1, 0.15) is 5.65 Å². The zero-order chi connectivity index (χ0) is 14.3. The van der Waals surface area contributed by atoms with Crippen LogP contribution in [0.5, 0.6) is 0 Å². The van der Waals surface area contributed by atoms with Crippen LogP contribution in [0.25, 0.3) is 16.9 Å². The van der Waals surface area contributed by atoms with E-state index < -0.39 is 6.85 Å². The van der Waals surface area contributed by atoms with Crippen molar-refractivity contribution in [3.05, 3.63) is 59.9 Å². The maximum absolute atomic E-state index is 7.37. The number of nitrogens with zero attached hydrogens (tertiary/aromatic N) is 2. The molecule has 2 heterocycles. The van der Waals surface area contributed by atoms with Gasteiger partial charge < -0.3 is 4.40 Å². The molecule has 0 bridgehead atoms. The van der Waals surface area contributed by atoms with Crippen molar-refractivity contribution in [1.29, 1.82) is 0 Å². The van der Waals surface area contributed by atoms with Gasteiger partial charge in [-0.2, -0.15) is 0 Å². The Labute approximate surface area is 105 Å². The van der Waals surface area contributed by atoms with Crippen LogP contribution < -0.4 is 0 Å². The van der Waals surface area contributed by atoms with Crippen molar-refractivity contribution in [3.8, 4) is 11.3 Å². The van der Waals surface area contributed by atoms with Crippen molar-refractivity contribution in [2.45, 2.75) is 13.8 Å². The average Bonchev–Trinajstić information content (AvgIpc) is 2.80. The van der Waals surface area contributed by atoms with E-state index in [2.05, 4.69) is 4.98 Å². The highest BCUT2D eigenvalue weighted by molar-refractivity contribution is 5.62. The standard InChI is InChI=1S/C15H14N2/c1-11-3-6-13(7-4-11)14-10-17-9-12(2)5-8-15(17)16-14/h3-10H,1-2H3/i1D3. The summed E-state index contributed by atoms with van der Waals surface area (Å²) in [6, 6.07) is 10.9. The van der Waals surface area contributed by atoms with E-state index in [1.807, 2.05) is 35.9 Å². The molecule has 0 amide bonds. The van der Waals surface area contributed by atoms with E-state index in [-0.39, 0.29) is 0 Å². The molecule has 1 aromatic carbocycles. The first kappa shape index (κ1) is 7.28. The van der Waals surface area contributed by atoms with Crippen LogP contribution in [0.4, 0.5) is 0 Å². The van der Waals surface area contributed by atoms with Crippen LogP contribution in [-0.2, 0) is 0 Å². The fourth-order valence-electron chi connectivity index (χ4n) is 1.88. The highest BCUT2D eigenvalue weighted by Crippen LogP contribution is 2.19. The summed E-state index contributed by atoms with van der Waals surface area (Å²) in [6.45, 7) is -0.0290. The summed E-state index contributed by atoms with van der Waals surface area (Å²) in [4.78, 5) is 4.54. The van der Waals surface area contributed by atoms with E-state index in [1.165, 1.54) is 5.56 Å². The third-order valence-electron chi connectivity index (χ3n) is 2.78. The predicted octanol–water partition coefficient (Wildman–Crippen LogP) is 3.62. The molecule has 2 heteroatoms. The molecule has 3 rings (SSSR count). The van der Waals surface area contributed by atoms with Crippen molar-refractivity contribution < 1.29 is 4.11 Å². The summed E-state index contributed by atoms with van der Waals surface area (Å²) in [5.74, 6) is 0. The second-order valence-electron chi connectivity index (χ2n) is 4.18. The molecule has 0 saturated carbocycles. The van der Waals surface area contributed by atoms with Gasteiger partial charge in [0, 0.05) is 22.1 Å². The molecular formula is C15H14N2. The van der Waals surface area contributed by atoms with E-state index in [9.17, 15) is 0 Å². The Hall–Kier alpha value is -2.09. The molecule has 2 aromatic heterocycles. The van der Waals surface area contributed by atoms with Gasteiger partial charge in [-0.05, 0) is 25.4 Å². The fourth-order valence-corrected chi connectivity index (χ4v) is 1.88. The lowest BCUT2D eigenvalue weighted by Gasteiger charge is -1.96. The maximum Gasteiger partial charge on any atom is 0.137 e. The van der Waals surface area contributed by atoms with E-state index in [0.717, 1.165) is 16.9 Å². The van der Waals surface area contributed by atoms with E-state index in [4.69, 9.17) is 4.11 Å². The Morgan fingerprint density at radius 3 is 2.53 bits per heavy atom. The fraction of sp³-hybridized carbons (Fsp3) is 0.133. The minimum absolute atomic E-state index is 0.348. The van der Waals surface area contributed by atoms with Crippen LogP contribution in [-0.4, -0.2) is 9.38 Å². The minimum Gasteiger partial charge on any atom is -0.306 e. The maximum atomic E-state index is 7.37. The third-order valence-corrected chi connectivity index (χ3v) is 2.78. The second kappa shape index (κ2) is 3.74. The van der Waals surface area contributed by atoms with Gasteiger partial charge >= 0.3 is 0 Å². The van der Waals surface area contributed by atoms with Crippen LogP contribution >= 0.6 is 0 Å². The SMILES string of the molecule is [2H]C([2H])([2H])c1ccc(-c2cn3cc(C)ccc3n2)cc1. The van der Waals surface area contributed by atoms with Crippen LogP contribution in [0.1, 0.15) is 15.2 Å². The molecule has 0 atom stereocenters. The number of benzene rings is 1. The number of aromatic nitrogens is 2. The Balaban J connectivity index is 2.02. The monoisotopic (exact) mass is 225 g/mol. The number of rotatable bonds is 1. The van der Waals surface area contributed by atoms with Crippen molar-refractivity contribution >= 4 is 5.65 Å². The van der Waals surface area contributed by atoms with E-state index in [0.29, 0.717) is 5.56 Å². The number of hydrogen-bond acceptors (Lipinski definition) is 1. The number of imidazole rings is 1. The minimum atomic E-state index is -2.06. The second-order valence-corrected chi connectivity index (χ2v) is 4.18. The highest BCUT2D eigenvalue weighted by Gasteiger charge is 2.03. The largest absolute Gasteiger partial charge is 0.306 e. The lowest BCUT2D eigenvalue weighted by molar-refractivity contribution is 1.16. The molecule has 0 radical (unpaired) electrons. The topological polar surface area (TPSA) is 17.3 Å². The first-order chi connectivity index (χ1) is 9.43. The van der Waals surface area contributed by atoms with Crippen LogP contribution in [0.3, 0.4) is 0 Å². The predicted molar refractivity (Wildman–Crippen MR) is 70.1 cm³/mol. The quantitative estimate of drug-likeness (QED) is 0.618. The van der Waals surface area contributed by atoms with Gasteiger partial charge in [-0.25, -0.2) is 4.98 Å². The van der Waals surface area contributed by atoms with E-state index >= 15 is 0 Å². The summed E-state index contributed by atoms with van der Waals surface area (Å²) < 4.78 is 24.1. The summed E-state index contributed by atoms with van der Waals surface area (Å²) in [7, 11) is 0. The number of aryl methyl sites for hydroxylation is 2. The first-order valence-electron chi connectivity index (χ1n) is 7.00. The zero-order valence-corrected chi connectivity index (χ0v) is 9.51. The molecule has 2 nitrogen and oxygen atoms in total. The Bertz CT molecular complexity index is 755. The number of fused-ring (bicyclic) bond motifs is 1. The van der Waals surface area contributed by atoms with Gasteiger partial charge in [-0.1, -0.05) is 35.9 Å². The normalized spacial score (nSPS) is 14.3. The van der Waals surface area contributed by atoms with Gasteiger partial charge in [-0.3, -0.25) is 0 Å². The molecule has 0 aliphatic rings. The molecule has 0 saturated heterocycles. The summed E-state index contributed by atoms with van der Waals surface area (Å²) in [6.07, 6.45) is 3.97. The summed E-state index contributed by atoms with van der Waals surface area (Å²) in [5.41, 5.74) is 4.15. The van der Waals surface area contributed by atoms with Gasteiger partial charge in [-0.15, -0.1) is 0 Å². The lowest BCUT2D eigenvalue weighted by Crippen LogP contribution is -1.82. The highest BCUT2D eigenvalue weighted by atomic mass is 15.0. The first-order valence-corrected chi connectivity index (χ1v) is 5.50. The molecule has 0 N–H and O–H groups in total. The molecule has 0 fully saturated rings. The average molecular weight is 225 g/mol. The number of hydrogen-bond donors (Lipinski definition) is 0. The molecule has 0 aliphatic carbocycles. The van der Waals surface area contributed by atoms with Gasteiger partial charge in [0.05, 0.1) is 5.69 Å². The van der Waals surface area contributed by atoms with Crippen molar-refractivity contribution in [3.63, 3.8) is 0 Å². The Kier molecular flexibility index (Phi) is 1.60. The molecule has 0 spiro atoms. The van der Waals surface area contributed by atoms with Gasteiger partial charge in [0.15, 0.2) is 0 Å². The molecule has 0 aliphatic heterocycles. The lowest BCUT2D eigenvalue weighted by atomic mass is 10.1. The molecule has 84 valence electrons. The zero-order valence-electron chi connectivity index (χ0n) is 12.5. The summed E-state index contributed by atoms with van der Waals surface area (Å²) >= 11 is 0. The van der Waals surface area contributed by atoms with Crippen LogP contribution in [0.2, 0.25) is 0 Å². The Morgan fingerprint density at radius 2 is 1.76 bits per heavy atom. The van der Waals surface area contributed by atoms with Crippen molar-refractivity contribution in [2.24, 2.45) is 0 Å². The van der Waals surface area contributed by atoms with Gasteiger partial charge in [0.2, 0.25) is 0 Å². The third kappa shape index (κ3) is 1.82. The number of pyridine rings is 1. The van der Waals surface area contributed by atoms with Gasteiger partial charge in [0.25, 0.3) is 0 Å². The van der Waals surface area contributed by atoms with E-state index in [1.54, 1.807) is 24.3 Å². The molecular weight excluding hydrogens is 208 g/mol. The molecule has 0 unspecified atom stereocenters. The van der Waals surface area contributed by atoms with Crippen LogP contribution in [0, 0.1) is 13.8 Å². The van der Waals surface area contributed by atoms with Crippen molar-refractivity contribution in [1.82, 2.24) is 9.38 Å². The molecule has 3 aromatic rings. The smallest absolute Gasteiger partial charge is 0.137 e. The summed E-state index contributed by atoms with van der Waals surface area (Å²) in [5, 5.41) is 0. The molecule has 17 heavy (non-hydrogen) atoms. The Morgan fingerprint density at radius 1 is 1.00 bits per heavy atom.